The highest BCUT2D eigenvalue weighted by Crippen LogP contribution is 2.21. The van der Waals surface area contributed by atoms with Crippen molar-refractivity contribution in [2.45, 2.75) is 18.2 Å². The normalized spacial score (nSPS) is 10.9. The lowest BCUT2D eigenvalue weighted by Crippen LogP contribution is -2.19. The van der Waals surface area contributed by atoms with Crippen molar-refractivity contribution >= 4 is 57.9 Å². The summed E-state index contributed by atoms with van der Waals surface area (Å²) < 4.78 is 5.77. The molecule has 1 heterocycles. The number of aryl methyl sites for hydroxylation is 1. The predicted octanol–water partition coefficient (Wildman–Crippen LogP) is 5.62. The quantitative estimate of drug-likeness (QED) is 0.106. The zero-order chi connectivity index (χ0) is 26.7. The van der Waals surface area contributed by atoms with Gasteiger partial charge in [0, 0.05) is 21.2 Å². The van der Waals surface area contributed by atoms with Crippen LogP contribution in [0.3, 0.4) is 0 Å². The largest absolute Gasteiger partial charge is 0.493 e. The van der Waals surface area contributed by atoms with Crippen molar-refractivity contribution in [1.82, 2.24) is 15.6 Å². The van der Waals surface area contributed by atoms with Crippen LogP contribution in [0, 0.1) is 6.92 Å². The van der Waals surface area contributed by atoms with Crippen LogP contribution in [0.2, 0.25) is 5.02 Å². The number of hydrazone groups is 1. The van der Waals surface area contributed by atoms with E-state index in [-0.39, 0.29) is 18.2 Å². The number of aromatic nitrogens is 2. The lowest BCUT2D eigenvalue weighted by molar-refractivity contribution is -0.120. The number of carbonyl (C=O) groups excluding carboxylic acids is 2. The van der Waals surface area contributed by atoms with Crippen LogP contribution >= 0.6 is 34.7 Å². The van der Waals surface area contributed by atoms with Crippen LogP contribution in [0.25, 0.3) is 0 Å². The van der Waals surface area contributed by atoms with Gasteiger partial charge in [0.15, 0.2) is 0 Å². The van der Waals surface area contributed by atoms with E-state index in [1.807, 2.05) is 67.6 Å². The van der Waals surface area contributed by atoms with Gasteiger partial charge in [-0.1, -0.05) is 41.1 Å². The third-order valence-electron chi connectivity index (χ3n) is 5.11. The number of nitrogens with zero attached hydrogens (tertiary/aromatic N) is 3. The Hall–Kier alpha value is -3.73. The first-order valence-electron chi connectivity index (χ1n) is 11.6. The zero-order valence-electron chi connectivity index (χ0n) is 20.4. The van der Waals surface area contributed by atoms with Crippen LogP contribution in [-0.2, 0) is 11.2 Å². The van der Waals surface area contributed by atoms with E-state index in [9.17, 15) is 9.59 Å². The minimum absolute atomic E-state index is 0.00392. The van der Waals surface area contributed by atoms with Gasteiger partial charge >= 0.3 is 0 Å². The van der Waals surface area contributed by atoms with Gasteiger partial charge in [0.05, 0.1) is 19.2 Å². The first kappa shape index (κ1) is 27.3. The van der Waals surface area contributed by atoms with Crippen molar-refractivity contribution in [3.63, 3.8) is 0 Å². The molecule has 8 nitrogen and oxygen atoms in total. The highest BCUT2D eigenvalue weighted by atomic mass is 35.5. The number of rotatable bonds is 11. The average Bonchev–Trinajstić information content (AvgIpc) is 3.35. The number of anilines is 1. The molecule has 3 aromatic carbocycles. The molecular formula is C27H24ClN5O3S2. The van der Waals surface area contributed by atoms with E-state index in [0.29, 0.717) is 22.3 Å². The van der Waals surface area contributed by atoms with Gasteiger partial charge in [-0.25, -0.2) is 5.43 Å². The molecule has 4 aromatic rings. The maximum absolute atomic E-state index is 12.4. The van der Waals surface area contributed by atoms with Crippen molar-refractivity contribution in [2.75, 3.05) is 17.7 Å². The molecule has 0 aliphatic heterocycles. The molecule has 2 N–H and O–H groups in total. The molecule has 0 fully saturated rings. The van der Waals surface area contributed by atoms with Gasteiger partial charge in [-0.2, -0.15) is 5.10 Å². The number of hydrogen-bond donors (Lipinski definition) is 2. The minimum atomic E-state index is -0.340. The molecule has 0 aliphatic rings. The molecule has 11 heteroatoms. The van der Waals surface area contributed by atoms with E-state index in [1.165, 1.54) is 0 Å². The van der Waals surface area contributed by atoms with Gasteiger partial charge in [0.25, 0.3) is 5.91 Å². The fraction of sp³-hybridized carbons (Fsp3) is 0.148. The van der Waals surface area contributed by atoms with Gasteiger partial charge in [0.2, 0.25) is 11.0 Å². The Balaban J connectivity index is 1.17. The van der Waals surface area contributed by atoms with Gasteiger partial charge < -0.3 is 4.74 Å². The monoisotopic (exact) mass is 565 g/mol. The van der Waals surface area contributed by atoms with Crippen LogP contribution in [0.15, 0.2) is 82.8 Å². The summed E-state index contributed by atoms with van der Waals surface area (Å²) in [6, 6.07) is 22.4. The summed E-state index contributed by atoms with van der Waals surface area (Å²) in [4.78, 5) is 25.8. The topological polar surface area (TPSA) is 106 Å². The van der Waals surface area contributed by atoms with Gasteiger partial charge in [0.1, 0.15) is 10.8 Å². The highest BCUT2D eigenvalue weighted by molar-refractivity contribution is 7.99. The van der Waals surface area contributed by atoms with E-state index < -0.39 is 0 Å². The van der Waals surface area contributed by atoms with Crippen LogP contribution in [0.5, 0.6) is 5.75 Å². The van der Waals surface area contributed by atoms with E-state index in [0.717, 1.165) is 43.9 Å². The van der Waals surface area contributed by atoms with Crippen molar-refractivity contribution < 1.29 is 14.3 Å². The molecule has 0 spiro atoms. The molecule has 38 heavy (non-hydrogen) atoms. The number of nitrogens with one attached hydrogen (secondary N) is 2. The summed E-state index contributed by atoms with van der Waals surface area (Å²) in [7, 11) is 0. The second kappa shape index (κ2) is 13.7. The summed E-state index contributed by atoms with van der Waals surface area (Å²) in [6.45, 7) is 2.43. The van der Waals surface area contributed by atoms with Gasteiger partial charge in [-0.05, 0) is 72.6 Å². The molecule has 0 radical (unpaired) electrons. The smallest absolute Gasteiger partial charge is 0.257 e. The molecule has 0 bridgehead atoms. The Kier molecular flexibility index (Phi) is 9.85. The van der Waals surface area contributed by atoms with E-state index >= 15 is 0 Å². The number of ether oxygens (including phenoxy) is 1. The lowest BCUT2D eigenvalue weighted by atomic mass is 10.1. The molecule has 2 amide bonds. The van der Waals surface area contributed by atoms with Crippen LogP contribution < -0.4 is 15.5 Å². The first-order valence-corrected chi connectivity index (χ1v) is 13.8. The molecule has 0 unspecified atom stereocenters. The lowest BCUT2D eigenvalue weighted by Gasteiger charge is -2.06. The average molecular weight is 566 g/mol. The summed E-state index contributed by atoms with van der Waals surface area (Å²) in [5, 5.41) is 16.1. The molecule has 194 valence electrons. The van der Waals surface area contributed by atoms with Crippen molar-refractivity contribution in [3.8, 4) is 5.75 Å². The third-order valence-corrected chi connectivity index (χ3v) is 7.17. The van der Waals surface area contributed by atoms with Crippen molar-refractivity contribution in [2.24, 2.45) is 5.10 Å². The first-order chi connectivity index (χ1) is 18.5. The molecule has 0 atom stereocenters. The Morgan fingerprint density at radius 3 is 2.58 bits per heavy atom. The SMILES string of the molecule is Cc1ccccc1C(=O)Nc1nnc(CC(=O)N/N=C\c2ccc(OCCSc3ccc(Cl)cc3)cc2)s1. The molecule has 0 saturated heterocycles. The van der Waals surface area contributed by atoms with Crippen LogP contribution in [0.4, 0.5) is 5.13 Å². The Bertz CT molecular complexity index is 1410. The number of thioether (sulfide) groups is 1. The number of carbonyl (C=O) groups is 2. The number of amides is 2. The summed E-state index contributed by atoms with van der Waals surface area (Å²) in [5.41, 5.74) is 4.71. The van der Waals surface area contributed by atoms with Crippen molar-refractivity contribution in [1.29, 1.82) is 0 Å². The number of benzene rings is 3. The summed E-state index contributed by atoms with van der Waals surface area (Å²) >= 11 is 8.74. The summed E-state index contributed by atoms with van der Waals surface area (Å²) in [5.74, 6) is 0.955. The van der Waals surface area contributed by atoms with E-state index in [2.05, 4.69) is 26.0 Å². The second-order valence-corrected chi connectivity index (χ2v) is 10.6. The zero-order valence-corrected chi connectivity index (χ0v) is 22.8. The molecule has 0 aliphatic carbocycles. The molecule has 0 saturated carbocycles. The number of halogens is 1. The fourth-order valence-corrected chi connectivity index (χ4v) is 4.81. The molecule has 4 rings (SSSR count). The van der Waals surface area contributed by atoms with Crippen LogP contribution in [-0.4, -0.2) is 40.6 Å². The third kappa shape index (κ3) is 8.41. The molecular weight excluding hydrogens is 542 g/mol. The highest BCUT2D eigenvalue weighted by Gasteiger charge is 2.13. The number of hydrogen-bond acceptors (Lipinski definition) is 8. The Morgan fingerprint density at radius 1 is 1.05 bits per heavy atom. The van der Waals surface area contributed by atoms with Crippen molar-refractivity contribution in [3.05, 3.63) is 99.5 Å². The second-order valence-electron chi connectivity index (χ2n) is 7.96. The van der Waals surface area contributed by atoms with Gasteiger partial charge in [-0.15, -0.1) is 22.0 Å². The van der Waals surface area contributed by atoms with Gasteiger partial charge in [-0.3, -0.25) is 14.9 Å². The molecule has 1 aromatic heterocycles. The Morgan fingerprint density at radius 2 is 1.82 bits per heavy atom. The predicted molar refractivity (Wildman–Crippen MR) is 153 cm³/mol. The van der Waals surface area contributed by atoms with E-state index in [1.54, 1.807) is 30.1 Å². The minimum Gasteiger partial charge on any atom is -0.493 e. The standard InChI is InChI=1S/C27H24ClN5O3S2/c1-18-4-2-3-5-23(18)26(35)30-27-33-32-25(38-27)16-24(34)31-29-17-19-6-10-21(11-7-19)36-14-15-37-22-12-8-20(28)9-13-22/h2-13,17H,14-16H2,1H3,(H,31,34)(H,30,33,35)/b29-17-. The maximum Gasteiger partial charge on any atom is 0.257 e. The van der Waals surface area contributed by atoms with Crippen LogP contribution in [0.1, 0.15) is 26.5 Å². The Labute approximate surface area is 233 Å². The summed E-state index contributed by atoms with van der Waals surface area (Å²) in [6.07, 6.45) is 1.54. The van der Waals surface area contributed by atoms with E-state index in [4.69, 9.17) is 16.3 Å². The fourth-order valence-electron chi connectivity index (χ4n) is 3.22. The maximum atomic E-state index is 12.4.